The van der Waals surface area contributed by atoms with E-state index in [0.29, 0.717) is 21.2 Å². The molecule has 142 valence electrons. The van der Waals surface area contributed by atoms with Crippen LogP contribution in [0.25, 0.3) is 10.9 Å². The van der Waals surface area contributed by atoms with Crippen molar-refractivity contribution in [1.29, 1.82) is 0 Å². The number of nitrogens with zero attached hydrogens (tertiary/aromatic N) is 3. The number of thiocarbonyl (C=S) groups is 1. The van der Waals surface area contributed by atoms with Gasteiger partial charge in [0, 0.05) is 31.7 Å². The van der Waals surface area contributed by atoms with Crippen LogP contribution in [-0.4, -0.2) is 41.0 Å². The molecule has 3 aromatic rings. The molecule has 1 fully saturated rings. The number of para-hydroxylation sites is 1. The Hall–Kier alpha value is -2.41. The summed E-state index contributed by atoms with van der Waals surface area (Å²) < 4.78 is 0. The number of carbonyl (C=O) groups excluding carboxylic acids is 1. The predicted molar refractivity (Wildman–Crippen MR) is 119 cm³/mol. The van der Waals surface area contributed by atoms with Gasteiger partial charge in [-0.3, -0.25) is 9.78 Å². The minimum atomic E-state index is -0.383. The minimum absolute atomic E-state index is 0.237. The van der Waals surface area contributed by atoms with Crippen molar-refractivity contribution in [2.45, 2.75) is 0 Å². The summed E-state index contributed by atoms with van der Waals surface area (Å²) in [6, 6.07) is 12.5. The number of fused-ring (bicyclic) bond motifs is 1. The van der Waals surface area contributed by atoms with Crippen LogP contribution in [0.15, 0.2) is 48.7 Å². The molecule has 1 N–H and O–H groups in total. The lowest BCUT2D eigenvalue weighted by Gasteiger charge is -2.21. The molecule has 0 aliphatic carbocycles. The Balaban J connectivity index is 1.74. The van der Waals surface area contributed by atoms with Gasteiger partial charge in [0.2, 0.25) is 0 Å². The van der Waals surface area contributed by atoms with Crippen molar-refractivity contribution in [3.8, 4) is 0 Å². The number of carbonyl (C=O) groups is 1. The van der Waals surface area contributed by atoms with Gasteiger partial charge in [0.1, 0.15) is 0 Å². The zero-order valence-electron chi connectivity index (χ0n) is 14.9. The maximum atomic E-state index is 12.8. The Morgan fingerprint density at radius 3 is 2.50 bits per heavy atom. The second-order valence-electron chi connectivity index (χ2n) is 6.44. The van der Waals surface area contributed by atoms with Gasteiger partial charge >= 0.3 is 0 Å². The van der Waals surface area contributed by atoms with Crippen molar-refractivity contribution in [3.05, 3.63) is 64.3 Å². The van der Waals surface area contributed by atoms with Gasteiger partial charge < -0.3 is 15.1 Å². The number of likely N-dealkylation sites (N-methyl/N-ethyl adjacent to an activating group) is 1. The normalized spacial score (nSPS) is 14.0. The van der Waals surface area contributed by atoms with E-state index in [0.717, 1.165) is 29.3 Å². The average molecular weight is 431 g/mol. The molecule has 0 radical (unpaired) electrons. The van der Waals surface area contributed by atoms with E-state index in [4.69, 9.17) is 35.4 Å². The molecule has 1 aliphatic rings. The standard InChI is InChI=1S/C20H16Cl2N4OS/c1-25-10-11-26(20(25)28)16-8-9-23-18-12(16)4-2-7-15(18)24-19(27)17-13(21)5-3-6-14(17)22/h2-9H,10-11H2,1H3,(H,24,27). The van der Waals surface area contributed by atoms with Crippen LogP contribution in [0.3, 0.4) is 0 Å². The number of nitrogens with one attached hydrogen (secondary N) is 1. The number of anilines is 2. The largest absolute Gasteiger partial charge is 0.350 e. The molecule has 2 aromatic carbocycles. The Labute approximate surface area is 177 Å². The van der Waals surface area contributed by atoms with Gasteiger partial charge in [-0.1, -0.05) is 41.4 Å². The maximum Gasteiger partial charge on any atom is 0.258 e. The highest BCUT2D eigenvalue weighted by Gasteiger charge is 2.25. The maximum absolute atomic E-state index is 12.8. The fraction of sp³-hybridized carbons (Fsp3) is 0.150. The first-order chi connectivity index (χ1) is 13.5. The summed E-state index contributed by atoms with van der Waals surface area (Å²) in [6.45, 7) is 1.67. The molecule has 1 aromatic heterocycles. The van der Waals surface area contributed by atoms with Gasteiger partial charge in [0.25, 0.3) is 5.91 Å². The van der Waals surface area contributed by atoms with E-state index in [-0.39, 0.29) is 11.5 Å². The molecular weight excluding hydrogens is 415 g/mol. The van der Waals surface area contributed by atoms with Crippen LogP contribution in [0, 0.1) is 0 Å². The summed E-state index contributed by atoms with van der Waals surface area (Å²) in [4.78, 5) is 21.4. The third-order valence-corrected chi connectivity index (χ3v) is 5.86. The van der Waals surface area contributed by atoms with Crippen LogP contribution in [0.4, 0.5) is 11.4 Å². The Morgan fingerprint density at radius 1 is 1.11 bits per heavy atom. The number of rotatable bonds is 3. The number of aromatic nitrogens is 1. The highest BCUT2D eigenvalue weighted by molar-refractivity contribution is 7.80. The number of amides is 1. The smallest absolute Gasteiger partial charge is 0.258 e. The summed E-state index contributed by atoms with van der Waals surface area (Å²) in [5.41, 5.74) is 2.46. The lowest BCUT2D eigenvalue weighted by atomic mass is 10.1. The van der Waals surface area contributed by atoms with Crippen LogP contribution in [-0.2, 0) is 0 Å². The van der Waals surface area contributed by atoms with Gasteiger partial charge in [-0.25, -0.2) is 0 Å². The van der Waals surface area contributed by atoms with E-state index in [2.05, 4.69) is 15.2 Å². The minimum Gasteiger partial charge on any atom is -0.350 e. The van der Waals surface area contributed by atoms with Gasteiger partial charge in [-0.2, -0.15) is 0 Å². The van der Waals surface area contributed by atoms with Gasteiger partial charge in [0.15, 0.2) is 5.11 Å². The quantitative estimate of drug-likeness (QED) is 0.602. The van der Waals surface area contributed by atoms with Crippen LogP contribution in [0.1, 0.15) is 10.4 Å². The predicted octanol–water partition coefficient (Wildman–Crippen LogP) is 4.83. The average Bonchev–Trinajstić information content (AvgIpc) is 3.00. The molecule has 1 aliphatic heterocycles. The van der Waals surface area contributed by atoms with Crippen molar-refractivity contribution >= 4 is 68.7 Å². The summed E-state index contributed by atoms with van der Waals surface area (Å²) in [5, 5.41) is 5.15. The second-order valence-corrected chi connectivity index (χ2v) is 7.62. The summed E-state index contributed by atoms with van der Waals surface area (Å²) >= 11 is 17.9. The molecule has 28 heavy (non-hydrogen) atoms. The first-order valence-electron chi connectivity index (χ1n) is 8.63. The van der Waals surface area contributed by atoms with Gasteiger partial charge in [-0.05, 0) is 36.5 Å². The molecule has 0 saturated carbocycles. The fourth-order valence-electron chi connectivity index (χ4n) is 3.27. The Morgan fingerprint density at radius 2 is 1.82 bits per heavy atom. The molecule has 2 heterocycles. The number of hydrogen-bond acceptors (Lipinski definition) is 3. The topological polar surface area (TPSA) is 48.5 Å². The van der Waals surface area contributed by atoms with E-state index in [1.54, 1.807) is 30.5 Å². The summed E-state index contributed by atoms with van der Waals surface area (Å²) in [5.74, 6) is -0.383. The molecule has 0 atom stereocenters. The summed E-state index contributed by atoms with van der Waals surface area (Å²) in [6.07, 6.45) is 1.72. The Kier molecular flexibility index (Phi) is 5.10. The van der Waals surface area contributed by atoms with Crippen LogP contribution >= 0.6 is 35.4 Å². The van der Waals surface area contributed by atoms with Crippen molar-refractivity contribution < 1.29 is 4.79 Å². The first-order valence-corrected chi connectivity index (χ1v) is 9.79. The number of halogens is 2. The molecule has 1 saturated heterocycles. The van der Waals surface area contributed by atoms with Gasteiger partial charge in [0.05, 0.1) is 32.5 Å². The lowest BCUT2D eigenvalue weighted by Crippen LogP contribution is -2.29. The zero-order chi connectivity index (χ0) is 19.8. The van der Waals surface area contributed by atoms with Gasteiger partial charge in [-0.15, -0.1) is 0 Å². The van der Waals surface area contributed by atoms with Crippen molar-refractivity contribution in [2.24, 2.45) is 0 Å². The lowest BCUT2D eigenvalue weighted by molar-refractivity contribution is 0.102. The molecule has 4 rings (SSSR count). The SMILES string of the molecule is CN1CCN(c2ccnc3c(NC(=O)c4c(Cl)cccc4Cl)cccc23)C1=S. The number of pyridine rings is 1. The second kappa shape index (κ2) is 7.54. The highest BCUT2D eigenvalue weighted by Crippen LogP contribution is 2.32. The number of benzene rings is 2. The molecule has 0 spiro atoms. The van der Waals surface area contributed by atoms with E-state index >= 15 is 0 Å². The van der Waals surface area contributed by atoms with Crippen LogP contribution in [0.2, 0.25) is 10.0 Å². The van der Waals surface area contributed by atoms with Crippen LogP contribution < -0.4 is 10.2 Å². The first kappa shape index (κ1) is 18.9. The fourth-order valence-corrected chi connectivity index (χ4v) is 4.12. The molecule has 1 amide bonds. The van der Waals surface area contributed by atoms with Crippen molar-refractivity contribution in [2.75, 3.05) is 30.4 Å². The van der Waals surface area contributed by atoms with E-state index in [1.165, 1.54) is 0 Å². The highest BCUT2D eigenvalue weighted by atomic mass is 35.5. The Bertz CT molecular complexity index is 1080. The zero-order valence-corrected chi connectivity index (χ0v) is 17.3. The van der Waals surface area contributed by atoms with Crippen molar-refractivity contribution in [3.63, 3.8) is 0 Å². The molecular formula is C20H16Cl2N4OS. The summed E-state index contributed by atoms with van der Waals surface area (Å²) in [7, 11) is 1.98. The monoisotopic (exact) mass is 430 g/mol. The van der Waals surface area contributed by atoms with E-state index in [1.807, 2.05) is 30.1 Å². The third kappa shape index (κ3) is 3.28. The molecule has 5 nitrogen and oxygen atoms in total. The van der Waals surface area contributed by atoms with E-state index in [9.17, 15) is 4.79 Å². The number of hydrogen-bond donors (Lipinski definition) is 1. The molecule has 0 bridgehead atoms. The third-order valence-electron chi connectivity index (χ3n) is 4.69. The van der Waals surface area contributed by atoms with E-state index < -0.39 is 0 Å². The molecule has 0 unspecified atom stereocenters. The molecule has 8 heteroatoms. The van der Waals surface area contributed by atoms with Crippen LogP contribution in [0.5, 0.6) is 0 Å². The van der Waals surface area contributed by atoms with Crippen molar-refractivity contribution in [1.82, 2.24) is 9.88 Å².